The van der Waals surface area contributed by atoms with E-state index in [0.717, 1.165) is 44.9 Å². The Morgan fingerprint density at radius 2 is 1.38 bits per heavy atom. The van der Waals surface area contributed by atoms with E-state index < -0.39 is 0 Å². The molecule has 0 fully saturated rings. The maximum Gasteiger partial charge on any atom is 0.305 e. The van der Waals surface area contributed by atoms with Crippen LogP contribution >= 0.6 is 0 Å². The third kappa shape index (κ3) is 14.1. The Bertz CT molecular complexity index is 243. The van der Waals surface area contributed by atoms with Gasteiger partial charge in [0.05, 0.1) is 19.3 Å². The lowest BCUT2D eigenvalue weighted by atomic mass is 10.0. The molecule has 4 nitrogen and oxygen atoms in total. The van der Waals surface area contributed by atoms with Crippen LogP contribution in [0.3, 0.4) is 0 Å². The second-order valence-corrected chi connectivity index (χ2v) is 5.91. The predicted molar refractivity (Wildman–Crippen MR) is 85.1 cm³/mol. The number of methoxy groups -OCH3 is 1. The fraction of sp³-hybridized carbons (Fsp3) is 0.941. The van der Waals surface area contributed by atoms with Gasteiger partial charge in [-0.3, -0.25) is 4.79 Å². The van der Waals surface area contributed by atoms with Crippen molar-refractivity contribution in [1.82, 2.24) is 0 Å². The summed E-state index contributed by atoms with van der Waals surface area (Å²) in [5.74, 6) is -0.146. The van der Waals surface area contributed by atoms with Crippen LogP contribution in [0.4, 0.5) is 0 Å². The third-order valence-electron chi connectivity index (χ3n) is 3.87. The first kappa shape index (κ1) is 20.4. The van der Waals surface area contributed by atoms with Crippen molar-refractivity contribution >= 4 is 5.97 Å². The maximum atomic E-state index is 10.9. The molecule has 0 radical (unpaired) electrons. The van der Waals surface area contributed by atoms with E-state index in [4.69, 9.17) is 0 Å². The molecule has 0 aromatic heterocycles. The molecule has 0 aliphatic rings. The Kier molecular flexibility index (Phi) is 13.9. The molecule has 126 valence electrons. The molecule has 4 heteroatoms. The Labute approximate surface area is 129 Å². The smallest absolute Gasteiger partial charge is 0.305 e. The van der Waals surface area contributed by atoms with Crippen molar-refractivity contribution < 1.29 is 19.7 Å². The van der Waals surface area contributed by atoms with Crippen LogP contribution in [0.25, 0.3) is 0 Å². The molecule has 0 bridgehead atoms. The summed E-state index contributed by atoms with van der Waals surface area (Å²) in [6, 6.07) is 0. The van der Waals surface area contributed by atoms with Crippen LogP contribution in [0, 0.1) is 0 Å². The number of aliphatic hydroxyl groups is 2. The van der Waals surface area contributed by atoms with Gasteiger partial charge in [-0.05, 0) is 32.1 Å². The first-order valence-corrected chi connectivity index (χ1v) is 8.53. The first-order valence-electron chi connectivity index (χ1n) is 8.53. The zero-order valence-corrected chi connectivity index (χ0v) is 13.9. The SMILES string of the molecule is CCCCC[C@H](O)CC[C@H](O)CCCCCCC(=O)OC. The largest absolute Gasteiger partial charge is 0.469 e. The molecule has 0 rings (SSSR count). The minimum absolute atomic E-state index is 0.146. The molecule has 0 aliphatic carbocycles. The van der Waals surface area contributed by atoms with Crippen molar-refractivity contribution in [3.05, 3.63) is 0 Å². The van der Waals surface area contributed by atoms with Crippen LogP contribution in [0.2, 0.25) is 0 Å². The average molecular weight is 302 g/mol. The summed E-state index contributed by atoms with van der Waals surface area (Å²) < 4.78 is 4.58. The average Bonchev–Trinajstić information content (AvgIpc) is 2.48. The highest BCUT2D eigenvalue weighted by Crippen LogP contribution is 2.14. The van der Waals surface area contributed by atoms with Gasteiger partial charge in [0, 0.05) is 6.42 Å². The minimum atomic E-state index is -0.300. The number of rotatable bonds is 14. The van der Waals surface area contributed by atoms with Crippen LogP contribution in [-0.2, 0) is 9.53 Å². The fourth-order valence-corrected chi connectivity index (χ4v) is 2.41. The fourth-order valence-electron chi connectivity index (χ4n) is 2.41. The standard InChI is InChI=1S/C17H34O4/c1-3-4-7-10-15(18)13-14-16(19)11-8-5-6-9-12-17(20)21-2/h15-16,18-19H,3-14H2,1-2H3/t15-,16+/m0/s1. The number of aliphatic hydroxyl groups excluding tert-OH is 2. The monoisotopic (exact) mass is 302 g/mol. The molecular formula is C17H34O4. The third-order valence-corrected chi connectivity index (χ3v) is 3.87. The molecule has 2 atom stereocenters. The van der Waals surface area contributed by atoms with Crippen LogP contribution < -0.4 is 0 Å². The van der Waals surface area contributed by atoms with Gasteiger partial charge in [-0.1, -0.05) is 45.4 Å². The molecule has 0 aliphatic heterocycles. The highest BCUT2D eigenvalue weighted by atomic mass is 16.5. The van der Waals surface area contributed by atoms with Gasteiger partial charge in [-0.2, -0.15) is 0 Å². The number of esters is 1. The van der Waals surface area contributed by atoms with Gasteiger partial charge in [0.2, 0.25) is 0 Å². The van der Waals surface area contributed by atoms with Gasteiger partial charge >= 0.3 is 5.97 Å². The van der Waals surface area contributed by atoms with E-state index in [9.17, 15) is 15.0 Å². The van der Waals surface area contributed by atoms with Crippen LogP contribution in [0.1, 0.15) is 84.0 Å². The number of hydrogen-bond donors (Lipinski definition) is 2. The maximum absolute atomic E-state index is 10.9. The molecule has 0 saturated carbocycles. The lowest BCUT2D eigenvalue weighted by Gasteiger charge is -2.14. The molecule has 0 heterocycles. The topological polar surface area (TPSA) is 66.8 Å². The van der Waals surface area contributed by atoms with E-state index in [1.807, 2.05) is 0 Å². The molecule has 21 heavy (non-hydrogen) atoms. The molecule has 0 aromatic carbocycles. The molecule has 0 aromatic rings. The Morgan fingerprint density at radius 3 is 1.90 bits per heavy atom. The number of carbonyl (C=O) groups excluding carboxylic acids is 1. The molecule has 0 spiro atoms. The quantitative estimate of drug-likeness (QED) is 0.380. The summed E-state index contributed by atoms with van der Waals surface area (Å²) in [6.07, 6.45) is 10.3. The van der Waals surface area contributed by atoms with Crippen molar-refractivity contribution in [3.63, 3.8) is 0 Å². The van der Waals surface area contributed by atoms with Crippen molar-refractivity contribution in [2.24, 2.45) is 0 Å². The summed E-state index contributed by atoms with van der Waals surface area (Å²) in [7, 11) is 1.41. The van der Waals surface area contributed by atoms with E-state index in [2.05, 4.69) is 11.7 Å². The number of hydrogen-bond acceptors (Lipinski definition) is 4. The number of carbonyl (C=O) groups is 1. The molecule has 0 amide bonds. The van der Waals surface area contributed by atoms with Crippen LogP contribution in [0.15, 0.2) is 0 Å². The molecule has 0 saturated heterocycles. The summed E-state index contributed by atoms with van der Waals surface area (Å²) in [5, 5.41) is 19.7. The van der Waals surface area contributed by atoms with Crippen molar-refractivity contribution in [2.45, 2.75) is 96.2 Å². The van der Waals surface area contributed by atoms with Gasteiger partial charge in [-0.25, -0.2) is 0 Å². The summed E-state index contributed by atoms with van der Waals surface area (Å²) in [4.78, 5) is 10.9. The van der Waals surface area contributed by atoms with Crippen LogP contribution in [0.5, 0.6) is 0 Å². The summed E-state index contributed by atoms with van der Waals surface area (Å²) >= 11 is 0. The van der Waals surface area contributed by atoms with Crippen LogP contribution in [-0.4, -0.2) is 35.5 Å². The van der Waals surface area contributed by atoms with Gasteiger partial charge in [-0.15, -0.1) is 0 Å². The summed E-state index contributed by atoms with van der Waals surface area (Å²) in [6.45, 7) is 2.15. The minimum Gasteiger partial charge on any atom is -0.469 e. The predicted octanol–water partition coefficient (Wildman–Crippen LogP) is 3.58. The van der Waals surface area contributed by atoms with Gasteiger partial charge in [0.1, 0.15) is 0 Å². The van der Waals surface area contributed by atoms with Gasteiger partial charge < -0.3 is 14.9 Å². The van der Waals surface area contributed by atoms with E-state index >= 15 is 0 Å². The molecule has 0 unspecified atom stereocenters. The normalized spacial score (nSPS) is 13.9. The van der Waals surface area contributed by atoms with E-state index in [1.165, 1.54) is 20.0 Å². The lowest BCUT2D eigenvalue weighted by Crippen LogP contribution is -2.13. The Hall–Kier alpha value is -0.610. The zero-order chi connectivity index (χ0) is 15.9. The van der Waals surface area contributed by atoms with E-state index in [-0.39, 0.29) is 18.2 Å². The molecule has 2 N–H and O–H groups in total. The second kappa shape index (κ2) is 14.3. The highest BCUT2D eigenvalue weighted by molar-refractivity contribution is 5.68. The van der Waals surface area contributed by atoms with Crippen molar-refractivity contribution in [1.29, 1.82) is 0 Å². The van der Waals surface area contributed by atoms with Gasteiger partial charge in [0.25, 0.3) is 0 Å². The van der Waals surface area contributed by atoms with Gasteiger partial charge in [0.15, 0.2) is 0 Å². The summed E-state index contributed by atoms with van der Waals surface area (Å²) in [5.41, 5.74) is 0. The van der Waals surface area contributed by atoms with E-state index in [0.29, 0.717) is 19.3 Å². The molecular weight excluding hydrogens is 268 g/mol. The Morgan fingerprint density at radius 1 is 0.857 bits per heavy atom. The number of unbranched alkanes of at least 4 members (excludes halogenated alkanes) is 5. The van der Waals surface area contributed by atoms with E-state index in [1.54, 1.807) is 0 Å². The number of ether oxygens (including phenoxy) is 1. The lowest BCUT2D eigenvalue weighted by molar-refractivity contribution is -0.140. The first-order chi connectivity index (χ1) is 10.1. The Balaban J connectivity index is 3.37. The zero-order valence-electron chi connectivity index (χ0n) is 13.9. The second-order valence-electron chi connectivity index (χ2n) is 5.91. The van der Waals surface area contributed by atoms with Crippen molar-refractivity contribution in [2.75, 3.05) is 7.11 Å². The highest BCUT2D eigenvalue weighted by Gasteiger charge is 2.09. The van der Waals surface area contributed by atoms with Crippen molar-refractivity contribution in [3.8, 4) is 0 Å².